The van der Waals surface area contributed by atoms with Crippen molar-refractivity contribution in [3.8, 4) is 0 Å². The maximum Gasteiger partial charge on any atom is 0.102 e. The number of benzene rings is 1. The maximum absolute atomic E-state index is 12.2. The van der Waals surface area contributed by atoms with Crippen molar-refractivity contribution in [1.82, 2.24) is 4.90 Å². The Morgan fingerprint density at radius 2 is 1.88 bits per heavy atom. The predicted molar refractivity (Wildman–Crippen MR) is 70.2 cm³/mol. The Kier molecular flexibility index (Phi) is 3.84. The molecule has 3 nitrogen and oxygen atoms in total. The van der Waals surface area contributed by atoms with Gasteiger partial charge >= 0.3 is 0 Å². The second-order valence-electron chi connectivity index (χ2n) is 4.62. The van der Waals surface area contributed by atoms with E-state index in [0.29, 0.717) is 6.54 Å². The number of anilines is 2. The van der Waals surface area contributed by atoms with Crippen LogP contribution in [0.5, 0.6) is 0 Å². The highest BCUT2D eigenvalue weighted by Crippen LogP contribution is 2.21. The maximum atomic E-state index is 12.2. The largest absolute Gasteiger partial charge is 0.399 e. The normalized spacial score (nSPS) is 17.4. The lowest BCUT2D eigenvalue weighted by Crippen LogP contribution is -2.47. The second kappa shape index (κ2) is 5.36. The van der Waals surface area contributed by atoms with Crippen LogP contribution in [0.1, 0.15) is 5.56 Å². The number of alkyl halides is 1. The molecule has 1 aromatic carbocycles. The molecule has 0 aromatic heterocycles. The van der Waals surface area contributed by atoms with Crippen molar-refractivity contribution >= 4 is 11.4 Å². The quantitative estimate of drug-likeness (QED) is 0.812. The van der Waals surface area contributed by atoms with Gasteiger partial charge < -0.3 is 10.6 Å². The summed E-state index contributed by atoms with van der Waals surface area (Å²) in [5, 5.41) is 0. The number of hydrogen-bond donors (Lipinski definition) is 1. The van der Waals surface area contributed by atoms with E-state index in [1.807, 2.05) is 12.1 Å². The lowest BCUT2D eigenvalue weighted by atomic mass is 10.1. The molecule has 1 heterocycles. The standard InChI is InChI=1S/C13H20FN3/c1-11-8-12(15)10-13(9-11)17-6-4-16(3-2-14)5-7-17/h8-10H,2-7,15H2,1H3. The van der Waals surface area contributed by atoms with Crippen molar-refractivity contribution in [3.63, 3.8) is 0 Å². The Morgan fingerprint density at radius 1 is 1.18 bits per heavy atom. The third-order valence-electron chi connectivity index (χ3n) is 3.22. The van der Waals surface area contributed by atoms with Crippen LogP contribution in [0, 0.1) is 6.92 Å². The number of hydrogen-bond acceptors (Lipinski definition) is 3. The third-order valence-corrected chi connectivity index (χ3v) is 3.22. The summed E-state index contributed by atoms with van der Waals surface area (Å²) in [4.78, 5) is 4.48. The van der Waals surface area contributed by atoms with E-state index in [4.69, 9.17) is 5.73 Å². The van der Waals surface area contributed by atoms with Gasteiger partial charge in [0, 0.05) is 44.1 Å². The number of nitrogens with two attached hydrogens (primary N) is 1. The fourth-order valence-corrected chi connectivity index (χ4v) is 2.32. The smallest absolute Gasteiger partial charge is 0.102 e. The van der Waals surface area contributed by atoms with E-state index in [9.17, 15) is 4.39 Å². The van der Waals surface area contributed by atoms with E-state index in [1.54, 1.807) is 0 Å². The zero-order chi connectivity index (χ0) is 12.3. The van der Waals surface area contributed by atoms with Gasteiger partial charge in [-0.2, -0.15) is 0 Å². The van der Waals surface area contributed by atoms with Crippen LogP contribution in [0.25, 0.3) is 0 Å². The molecule has 94 valence electrons. The molecule has 1 aliphatic rings. The van der Waals surface area contributed by atoms with Gasteiger partial charge in [0.25, 0.3) is 0 Å². The summed E-state index contributed by atoms with van der Waals surface area (Å²) in [7, 11) is 0. The van der Waals surface area contributed by atoms with Crippen LogP contribution in [0.3, 0.4) is 0 Å². The zero-order valence-electron chi connectivity index (χ0n) is 10.3. The lowest BCUT2D eigenvalue weighted by Gasteiger charge is -2.35. The van der Waals surface area contributed by atoms with Crippen molar-refractivity contribution in [1.29, 1.82) is 0 Å². The molecule has 0 atom stereocenters. The topological polar surface area (TPSA) is 32.5 Å². The fraction of sp³-hybridized carbons (Fsp3) is 0.538. The minimum absolute atomic E-state index is 0.253. The van der Waals surface area contributed by atoms with E-state index in [-0.39, 0.29) is 6.67 Å². The molecule has 0 bridgehead atoms. The van der Waals surface area contributed by atoms with Crippen molar-refractivity contribution in [2.75, 3.05) is 50.0 Å². The van der Waals surface area contributed by atoms with Crippen molar-refractivity contribution in [2.24, 2.45) is 0 Å². The van der Waals surface area contributed by atoms with Crippen LogP contribution in [0.2, 0.25) is 0 Å². The molecular formula is C13H20FN3. The Bertz CT molecular complexity index is 353. The number of aryl methyl sites for hydroxylation is 1. The molecule has 2 rings (SSSR count). The summed E-state index contributed by atoms with van der Waals surface area (Å²) >= 11 is 0. The fourth-order valence-electron chi connectivity index (χ4n) is 2.32. The number of nitrogen functional groups attached to an aromatic ring is 1. The molecule has 0 amide bonds. The first-order valence-corrected chi connectivity index (χ1v) is 6.09. The van der Waals surface area contributed by atoms with Crippen LogP contribution < -0.4 is 10.6 Å². The summed E-state index contributed by atoms with van der Waals surface area (Å²) in [6, 6.07) is 6.14. The molecule has 2 N–H and O–H groups in total. The number of rotatable bonds is 3. The monoisotopic (exact) mass is 237 g/mol. The first-order valence-electron chi connectivity index (χ1n) is 6.09. The Labute approximate surface area is 102 Å². The average molecular weight is 237 g/mol. The third kappa shape index (κ3) is 3.09. The Morgan fingerprint density at radius 3 is 2.47 bits per heavy atom. The highest BCUT2D eigenvalue weighted by molar-refractivity contribution is 5.58. The van der Waals surface area contributed by atoms with E-state index < -0.39 is 0 Å². The summed E-state index contributed by atoms with van der Waals surface area (Å²) in [6.45, 7) is 6.11. The molecule has 1 aromatic rings. The van der Waals surface area contributed by atoms with Gasteiger partial charge in [0.2, 0.25) is 0 Å². The van der Waals surface area contributed by atoms with Crippen molar-refractivity contribution in [3.05, 3.63) is 23.8 Å². The molecule has 17 heavy (non-hydrogen) atoms. The summed E-state index contributed by atoms with van der Waals surface area (Å²) in [5.41, 5.74) is 9.03. The van der Waals surface area contributed by atoms with Gasteiger partial charge in [-0.15, -0.1) is 0 Å². The van der Waals surface area contributed by atoms with Crippen LogP contribution in [0.15, 0.2) is 18.2 Å². The van der Waals surface area contributed by atoms with Gasteiger partial charge in [-0.3, -0.25) is 4.90 Å². The van der Waals surface area contributed by atoms with E-state index in [1.165, 1.54) is 11.3 Å². The van der Waals surface area contributed by atoms with E-state index in [2.05, 4.69) is 22.8 Å². The first kappa shape index (κ1) is 12.2. The Hall–Kier alpha value is -1.29. The van der Waals surface area contributed by atoms with Crippen LogP contribution in [0.4, 0.5) is 15.8 Å². The molecule has 1 fully saturated rings. The van der Waals surface area contributed by atoms with Crippen molar-refractivity contribution in [2.45, 2.75) is 6.92 Å². The summed E-state index contributed by atoms with van der Waals surface area (Å²) < 4.78 is 12.2. The molecule has 0 spiro atoms. The molecule has 0 radical (unpaired) electrons. The molecular weight excluding hydrogens is 217 g/mol. The zero-order valence-corrected chi connectivity index (χ0v) is 10.3. The molecule has 0 saturated carbocycles. The van der Waals surface area contributed by atoms with E-state index >= 15 is 0 Å². The number of piperazine rings is 1. The van der Waals surface area contributed by atoms with Gasteiger partial charge in [0.1, 0.15) is 6.67 Å². The minimum atomic E-state index is -0.253. The highest BCUT2D eigenvalue weighted by atomic mass is 19.1. The number of halogens is 1. The van der Waals surface area contributed by atoms with Crippen LogP contribution >= 0.6 is 0 Å². The highest BCUT2D eigenvalue weighted by Gasteiger charge is 2.16. The van der Waals surface area contributed by atoms with Gasteiger partial charge in [0.05, 0.1) is 0 Å². The Balaban J connectivity index is 2.00. The van der Waals surface area contributed by atoms with Crippen LogP contribution in [-0.4, -0.2) is 44.3 Å². The molecule has 1 aliphatic heterocycles. The van der Waals surface area contributed by atoms with E-state index in [0.717, 1.165) is 31.9 Å². The molecule has 0 unspecified atom stereocenters. The van der Waals surface area contributed by atoms with Gasteiger partial charge in [-0.1, -0.05) is 0 Å². The van der Waals surface area contributed by atoms with Gasteiger partial charge in [-0.25, -0.2) is 4.39 Å². The molecule has 1 saturated heterocycles. The lowest BCUT2D eigenvalue weighted by molar-refractivity contribution is 0.235. The van der Waals surface area contributed by atoms with Gasteiger partial charge in [0.15, 0.2) is 0 Å². The molecule has 0 aliphatic carbocycles. The number of nitrogens with zero attached hydrogens (tertiary/aromatic N) is 2. The first-order chi connectivity index (χ1) is 8.19. The van der Waals surface area contributed by atoms with Crippen molar-refractivity contribution < 1.29 is 4.39 Å². The molecule has 4 heteroatoms. The summed E-state index contributed by atoms with van der Waals surface area (Å²) in [5.74, 6) is 0. The SMILES string of the molecule is Cc1cc(N)cc(N2CCN(CCF)CC2)c1. The predicted octanol–water partition coefficient (Wildman–Crippen LogP) is 1.67. The minimum Gasteiger partial charge on any atom is -0.399 e. The van der Waals surface area contributed by atoms with Crippen LogP contribution in [-0.2, 0) is 0 Å². The second-order valence-corrected chi connectivity index (χ2v) is 4.62. The summed E-state index contributed by atoms with van der Waals surface area (Å²) in [6.07, 6.45) is 0. The van der Waals surface area contributed by atoms with Gasteiger partial charge in [-0.05, 0) is 30.7 Å². The average Bonchev–Trinajstić information content (AvgIpc) is 2.29.